The maximum atomic E-state index is 3.72. The third-order valence-corrected chi connectivity index (χ3v) is 0.455. The Labute approximate surface area is 79.6 Å². The molecule has 0 aliphatic carbocycles. The molecule has 2 heteroatoms. The molecule has 0 bridgehead atoms. The van der Waals surface area contributed by atoms with E-state index in [1.54, 1.807) is 12.4 Å². The van der Waals surface area contributed by atoms with Crippen LogP contribution in [0.2, 0.25) is 0 Å². The topological polar surface area (TPSA) is 14.1 Å². The van der Waals surface area contributed by atoms with Crippen LogP contribution in [0.15, 0.2) is 24.5 Å². The molecule has 1 aromatic heterocycles. The predicted octanol–water partition coefficient (Wildman–Crippen LogP) is -2.35. The quantitative estimate of drug-likeness (QED) is 0.337. The Kier molecular flexibility index (Phi) is 4.71. The van der Waals surface area contributed by atoms with Gasteiger partial charge in [0.05, 0.1) is 0 Å². The van der Waals surface area contributed by atoms with Crippen molar-refractivity contribution in [2.75, 3.05) is 0 Å². The molecule has 1 rings (SSSR count). The molecule has 0 saturated heterocycles. The van der Waals surface area contributed by atoms with Gasteiger partial charge in [-0.25, -0.2) is 0 Å². The van der Waals surface area contributed by atoms with Gasteiger partial charge in [-0.2, -0.15) is 12.4 Å². The van der Waals surface area contributed by atoms with E-state index in [2.05, 4.69) is 4.98 Å². The van der Waals surface area contributed by atoms with Crippen LogP contribution in [0, 0.1) is 0 Å². The van der Waals surface area contributed by atoms with Gasteiger partial charge in [0.15, 0.2) is 0 Å². The summed E-state index contributed by atoms with van der Waals surface area (Å²) in [7, 11) is 0. The normalized spacial score (nSPS) is 6.67. The van der Waals surface area contributed by atoms with Crippen molar-refractivity contribution in [3.63, 3.8) is 0 Å². The number of hydrogen-bond acceptors (Lipinski definition) is 0. The van der Waals surface area contributed by atoms with E-state index in [1.165, 1.54) is 0 Å². The monoisotopic (exact) mass is 105 g/mol. The second-order valence-electron chi connectivity index (χ2n) is 0.832. The predicted molar refractivity (Wildman–Crippen MR) is 19.8 cm³/mol. The first-order valence-electron chi connectivity index (χ1n) is 1.52. The zero-order valence-electron chi connectivity index (χ0n) is 3.76. The SMILES string of the molecule is [K+].c1cc[n-]c1. The minimum atomic E-state index is 0. The van der Waals surface area contributed by atoms with Crippen LogP contribution < -0.4 is 56.4 Å². The Hall–Kier alpha value is 0.916. The van der Waals surface area contributed by atoms with Crippen molar-refractivity contribution in [3.05, 3.63) is 24.5 Å². The molecule has 0 saturated carbocycles. The second-order valence-corrected chi connectivity index (χ2v) is 0.832. The fraction of sp³-hybridized carbons (Fsp3) is 0. The minimum Gasteiger partial charge on any atom is -0.670 e. The van der Waals surface area contributed by atoms with Crippen LogP contribution in [0.4, 0.5) is 0 Å². The van der Waals surface area contributed by atoms with Crippen molar-refractivity contribution in [3.8, 4) is 0 Å². The second kappa shape index (κ2) is 4.09. The fourth-order valence-corrected chi connectivity index (χ4v) is 0.248. The third kappa shape index (κ3) is 2.15. The summed E-state index contributed by atoms with van der Waals surface area (Å²) in [6.07, 6.45) is 3.50. The molecule has 0 aromatic carbocycles. The summed E-state index contributed by atoms with van der Waals surface area (Å²) in [5.41, 5.74) is 0. The minimum absolute atomic E-state index is 0. The smallest absolute Gasteiger partial charge is 0.670 e. The van der Waals surface area contributed by atoms with E-state index in [1.807, 2.05) is 12.1 Å². The van der Waals surface area contributed by atoms with E-state index in [0.29, 0.717) is 0 Å². The van der Waals surface area contributed by atoms with E-state index in [0.717, 1.165) is 0 Å². The molecule has 0 N–H and O–H groups in total. The summed E-state index contributed by atoms with van der Waals surface area (Å²) >= 11 is 0. The summed E-state index contributed by atoms with van der Waals surface area (Å²) < 4.78 is 0. The number of hydrogen-bond donors (Lipinski definition) is 0. The Morgan fingerprint density at radius 2 is 1.50 bits per heavy atom. The number of rotatable bonds is 0. The van der Waals surface area contributed by atoms with Crippen LogP contribution >= 0.6 is 0 Å². The van der Waals surface area contributed by atoms with Gasteiger partial charge in [0.2, 0.25) is 0 Å². The molecule has 26 valence electrons. The summed E-state index contributed by atoms with van der Waals surface area (Å²) in [5, 5.41) is 0. The molecule has 1 aromatic rings. The maximum absolute atomic E-state index is 3.72. The van der Waals surface area contributed by atoms with E-state index in [9.17, 15) is 0 Å². The van der Waals surface area contributed by atoms with Crippen molar-refractivity contribution in [1.29, 1.82) is 0 Å². The van der Waals surface area contributed by atoms with E-state index in [4.69, 9.17) is 0 Å². The summed E-state index contributed by atoms with van der Waals surface area (Å²) in [5.74, 6) is 0. The molecule has 0 spiro atoms. The van der Waals surface area contributed by atoms with Crippen molar-refractivity contribution >= 4 is 0 Å². The van der Waals surface area contributed by atoms with Crippen LogP contribution in [0.1, 0.15) is 0 Å². The van der Waals surface area contributed by atoms with Gasteiger partial charge in [0.25, 0.3) is 0 Å². The van der Waals surface area contributed by atoms with Gasteiger partial charge in [-0.3, -0.25) is 0 Å². The summed E-state index contributed by atoms with van der Waals surface area (Å²) in [4.78, 5) is 3.72. The van der Waals surface area contributed by atoms with Crippen LogP contribution in [0.25, 0.3) is 0 Å². The van der Waals surface area contributed by atoms with Crippen LogP contribution in [0.3, 0.4) is 0 Å². The Bertz CT molecular complexity index is 64.0. The van der Waals surface area contributed by atoms with Gasteiger partial charge in [-0.1, -0.05) is 12.1 Å². The summed E-state index contributed by atoms with van der Waals surface area (Å²) in [6, 6.07) is 3.78. The van der Waals surface area contributed by atoms with Gasteiger partial charge < -0.3 is 4.98 Å². The van der Waals surface area contributed by atoms with E-state index in [-0.39, 0.29) is 51.4 Å². The zero-order chi connectivity index (χ0) is 3.54. The molecular formula is C4H4KN. The molecule has 1 nitrogen and oxygen atoms in total. The largest absolute Gasteiger partial charge is 1.00 e. The fourth-order valence-electron chi connectivity index (χ4n) is 0.248. The van der Waals surface area contributed by atoms with Gasteiger partial charge in [-0.05, 0) is 0 Å². The van der Waals surface area contributed by atoms with E-state index >= 15 is 0 Å². The van der Waals surface area contributed by atoms with Gasteiger partial charge in [0.1, 0.15) is 0 Å². The molecule has 1 heterocycles. The van der Waals surface area contributed by atoms with Gasteiger partial charge in [0, 0.05) is 0 Å². The summed E-state index contributed by atoms with van der Waals surface area (Å²) in [6.45, 7) is 0. The van der Waals surface area contributed by atoms with Gasteiger partial charge in [-0.15, -0.1) is 0 Å². The first-order chi connectivity index (χ1) is 2.50. The first kappa shape index (κ1) is 6.92. The molecular weight excluding hydrogens is 101 g/mol. The first-order valence-corrected chi connectivity index (χ1v) is 1.52. The maximum Gasteiger partial charge on any atom is 1.00 e. The Morgan fingerprint density at radius 3 is 1.67 bits per heavy atom. The van der Waals surface area contributed by atoms with Crippen molar-refractivity contribution < 1.29 is 51.4 Å². The standard InChI is InChI=1S/C4H4N.K/c1-2-4-5-3-1;/h1-4H;/q-1;+1. The molecule has 0 aliphatic rings. The van der Waals surface area contributed by atoms with Crippen LogP contribution in [-0.2, 0) is 0 Å². The van der Waals surface area contributed by atoms with Gasteiger partial charge >= 0.3 is 51.4 Å². The zero-order valence-corrected chi connectivity index (χ0v) is 6.88. The Morgan fingerprint density at radius 1 is 1.00 bits per heavy atom. The molecule has 0 aliphatic heterocycles. The third-order valence-electron chi connectivity index (χ3n) is 0.455. The molecule has 0 fully saturated rings. The average molecular weight is 105 g/mol. The van der Waals surface area contributed by atoms with Crippen LogP contribution in [0.5, 0.6) is 0 Å². The molecule has 6 heavy (non-hydrogen) atoms. The Balaban J connectivity index is 0.000000250. The number of nitrogens with zero attached hydrogens (tertiary/aromatic N) is 1. The number of aromatic nitrogens is 1. The van der Waals surface area contributed by atoms with Crippen molar-refractivity contribution in [2.45, 2.75) is 0 Å². The molecule has 0 atom stereocenters. The average Bonchev–Trinajstić information content (AvgIpc) is 1.76. The molecule has 0 amide bonds. The van der Waals surface area contributed by atoms with E-state index < -0.39 is 0 Å². The molecule has 0 radical (unpaired) electrons. The van der Waals surface area contributed by atoms with Crippen molar-refractivity contribution in [1.82, 2.24) is 4.98 Å². The van der Waals surface area contributed by atoms with Crippen molar-refractivity contribution in [2.24, 2.45) is 0 Å². The van der Waals surface area contributed by atoms with Crippen LogP contribution in [-0.4, -0.2) is 0 Å². The molecule has 0 unspecified atom stereocenters.